The van der Waals surface area contributed by atoms with Gasteiger partial charge < -0.3 is 9.84 Å². The van der Waals surface area contributed by atoms with Crippen molar-refractivity contribution in [2.24, 2.45) is 17.8 Å². The summed E-state index contributed by atoms with van der Waals surface area (Å²) in [5.41, 5.74) is 2.90. The highest BCUT2D eigenvalue weighted by molar-refractivity contribution is 7.99. The minimum atomic E-state index is -0.108. The SMILES string of the molecule is Cc1c(C)c2c(c(C)c1O)SCC(C)(CCC[C@H](C)CCC[C@H](C)CCCC(C)C)O2. The Morgan fingerprint density at radius 1 is 0.839 bits per heavy atom. The summed E-state index contributed by atoms with van der Waals surface area (Å²) in [4.78, 5) is 1.13. The first kappa shape index (κ1) is 26.4. The molecule has 1 aromatic carbocycles. The third-order valence-electron chi connectivity index (χ3n) is 7.31. The van der Waals surface area contributed by atoms with E-state index < -0.39 is 0 Å². The van der Waals surface area contributed by atoms with Crippen LogP contribution in [0.25, 0.3) is 0 Å². The second-order valence-electron chi connectivity index (χ2n) is 11.1. The van der Waals surface area contributed by atoms with Crippen molar-refractivity contribution >= 4 is 11.8 Å². The number of hydrogen-bond donors (Lipinski definition) is 1. The number of thioether (sulfide) groups is 1. The van der Waals surface area contributed by atoms with Crippen molar-refractivity contribution in [2.45, 2.75) is 124 Å². The van der Waals surface area contributed by atoms with Gasteiger partial charge in [0.25, 0.3) is 0 Å². The highest BCUT2D eigenvalue weighted by atomic mass is 32.2. The van der Waals surface area contributed by atoms with Crippen LogP contribution in [0.3, 0.4) is 0 Å². The van der Waals surface area contributed by atoms with Gasteiger partial charge in [0.15, 0.2) is 0 Å². The van der Waals surface area contributed by atoms with E-state index in [1.165, 1.54) is 51.4 Å². The van der Waals surface area contributed by atoms with E-state index in [0.717, 1.165) is 57.3 Å². The quantitative estimate of drug-likeness (QED) is 0.346. The lowest BCUT2D eigenvalue weighted by molar-refractivity contribution is 0.0904. The first-order valence-electron chi connectivity index (χ1n) is 12.7. The second kappa shape index (κ2) is 11.9. The number of aromatic hydroxyl groups is 1. The predicted molar refractivity (Wildman–Crippen MR) is 137 cm³/mol. The maximum Gasteiger partial charge on any atom is 0.137 e. The number of phenols is 1. The van der Waals surface area contributed by atoms with E-state index in [9.17, 15) is 5.11 Å². The van der Waals surface area contributed by atoms with Gasteiger partial charge in [-0.3, -0.25) is 0 Å². The Hall–Kier alpha value is -0.830. The van der Waals surface area contributed by atoms with Crippen LogP contribution in [0.15, 0.2) is 4.90 Å². The zero-order valence-electron chi connectivity index (χ0n) is 21.6. The molecule has 2 nitrogen and oxygen atoms in total. The largest absolute Gasteiger partial charge is 0.507 e. The Balaban J connectivity index is 1.74. The standard InChI is InChI=1S/C28H48O2S/c1-19(2)12-9-13-20(3)14-10-15-21(4)16-11-17-28(8)18-31-27-24(7)25(29)22(5)23(6)26(27)30-28/h19-21,29H,9-18H2,1-8H3/t20-,21-,28?/m1/s1. The molecule has 0 saturated heterocycles. The molecule has 1 unspecified atom stereocenters. The zero-order chi connectivity index (χ0) is 23.2. The number of rotatable bonds is 12. The summed E-state index contributed by atoms with van der Waals surface area (Å²) in [6, 6.07) is 0. The smallest absolute Gasteiger partial charge is 0.137 e. The van der Waals surface area contributed by atoms with Crippen molar-refractivity contribution in [3.05, 3.63) is 16.7 Å². The highest BCUT2D eigenvalue weighted by Gasteiger charge is 2.34. The van der Waals surface area contributed by atoms with Crippen LogP contribution in [0.4, 0.5) is 0 Å². The molecule has 1 aliphatic rings. The van der Waals surface area contributed by atoms with Gasteiger partial charge in [-0.15, -0.1) is 11.8 Å². The third-order valence-corrected chi connectivity index (χ3v) is 8.84. The molecule has 0 fully saturated rings. The lowest BCUT2D eigenvalue weighted by Gasteiger charge is -2.37. The summed E-state index contributed by atoms with van der Waals surface area (Å²) in [6.07, 6.45) is 11.9. The first-order chi connectivity index (χ1) is 14.5. The fraction of sp³-hybridized carbons (Fsp3) is 0.786. The average molecular weight is 449 g/mol. The molecule has 3 atom stereocenters. The summed E-state index contributed by atoms with van der Waals surface area (Å²) in [5, 5.41) is 10.4. The van der Waals surface area contributed by atoms with Gasteiger partial charge in [-0.2, -0.15) is 0 Å². The Morgan fingerprint density at radius 3 is 1.97 bits per heavy atom. The summed E-state index contributed by atoms with van der Waals surface area (Å²) in [5.74, 6) is 4.93. The van der Waals surface area contributed by atoms with Crippen molar-refractivity contribution < 1.29 is 9.84 Å². The molecule has 0 aromatic heterocycles. The van der Waals surface area contributed by atoms with Crippen molar-refractivity contribution in [1.82, 2.24) is 0 Å². The normalized spacial score (nSPS) is 20.4. The van der Waals surface area contributed by atoms with Crippen LogP contribution in [0.2, 0.25) is 0 Å². The Bertz CT molecular complexity index is 712. The molecule has 0 radical (unpaired) electrons. The maximum atomic E-state index is 10.4. The predicted octanol–water partition coefficient (Wildman–Crippen LogP) is 9.00. The van der Waals surface area contributed by atoms with Crippen LogP contribution >= 0.6 is 11.8 Å². The minimum absolute atomic E-state index is 0.108. The summed E-state index contributed by atoms with van der Waals surface area (Å²) in [6.45, 7) is 17.9. The van der Waals surface area contributed by atoms with Crippen molar-refractivity contribution in [1.29, 1.82) is 0 Å². The number of benzene rings is 1. The lowest BCUT2D eigenvalue weighted by atomic mass is 9.90. The lowest BCUT2D eigenvalue weighted by Crippen LogP contribution is -2.38. The van der Waals surface area contributed by atoms with Gasteiger partial charge in [0.1, 0.15) is 17.1 Å². The van der Waals surface area contributed by atoms with Crippen LogP contribution in [-0.4, -0.2) is 16.5 Å². The molecular formula is C28H48O2S. The topological polar surface area (TPSA) is 29.5 Å². The Kier molecular flexibility index (Phi) is 10.1. The molecule has 0 bridgehead atoms. The highest BCUT2D eigenvalue weighted by Crippen LogP contribution is 2.49. The first-order valence-corrected chi connectivity index (χ1v) is 13.7. The van der Waals surface area contributed by atoms with Crippen LogP contribution in [0.5, 0.6) is 11.5 Å². The van der Waals surface area contributed by atoms with E-state index in [1.54, 1.807) is 0 Å². The molecule has 0 saturated carbocycles. The molecule has 3 heteroatoms. The fourth-order valence-electron chi connectivity index (χ4n) is 4.80. The molecule has 1 N–H and O–H groups in total. The maximum absolute atomic E-state index is 10.4. The van der Waals surface area contributed by atoms with E-state index in [2.05, 4.69) is 41.5 Å². The molecule has 0 aliphatic carbocycles. The molecule has 1 heterocycles. The molecule has 0 amide bonds. The van der Waals surface area contributed by atoms with Gasteiger partial charge in [-0.1, -0.05) is 72.6 Å². The van der Waals surface area contributed by atoms with Gasteiger partial charge in [-0.05, 0) is 69.4 Å². The van der Waals surface area contributed by atoms with Gasteiger partial charge in [0.2, 0.25) is 0 Å². The van der Waals surface area contributed by atoms with E-state index in [1.807, 2.05) is 25.6 Å². The monoisotopic (exact) mass is 448 g/mol. The van der Waals surface area contributed by atoms with E-state index in [4.69, 9.17) is 4.74 Å². The number of phenolic OH excluding ortho intramolecular Hbond substituents is 1. The Morgan fingerprint density at radius 2 is 1.39 bits per heavy atom. The third kappa shape index (κ3) is 7.62. The van der Waals surface area contributed by atoms with Crippen LogP contribution in [0.1, 0.15) is 109 Å². The molecule has 2 rings (SSSR count). The average Bonchev–Trinajstić information content (AvgIpc) is 2.70. The van der Waals surface area contributed by atoms with Gasteiger partial charge in [-0.25, -0.2) is 0 Å². The van der Waals surface area contributed by atoms with E-state index >= 15 is 0 Å². The number of ether oxygens (including phenoxy) is 1. The summed E-state index contributed by atoms with van der Waals surface area (Å²) >= 11 is 1.86. The zero-order valence-corrected chi connectivity index (χ0v) is 22.4. The molecule has 1 aromatic rings. The summed E-state index contributed by atoms with van der Waals surface area (Å²) in [7, 11) is 0. The van der Waals surface area contributed by atoms with Gasteiger partial charge in [0, 0.05) is 11.3 Å². The van der Waals surface area contributed by atoms with Crippen LogP contribution in [0, 0.1) is 38.5 Å². The van der Waals surface area contributed by atoms with Crippen LogP contribution < -0.4 is 4.74 Å². The molecular weight excluding hydrogens is 400 g/mol. The van der Waals surface area contributed by atoms with Crippen molar-refractivity contribution in [3.63, 3.8) is 0 Å². The van der Waals surface area contributed by atoms with E-state index in [0.29, 0.717) is 5.75 Å². The molecule has 31 heavy (non-hydrogen) atoms. The fourth-order valence-corrected chi connectivity index (χ4v) is 6.09. The second-order valence-corrected chi connectivity index (χ2v) is 12.1. The van der Waals surface area contributed by atoms with Crippen molar-refractivity contribution in [2.75, 3.05) is 5.75 Å². The molecule has 0 spiro atoms. The van der Waals surface area contributed by atoms with Crippen molar-refractivity contribution in [3.8, 4) is 11.5 Å². The van der Waals surface area contributed by atoms with Gasteiger partial charge >= 0.3 is 0 Å². The Labute approximate surface area is 196 Å². The molecule has 178 valence electrons. The minimum Gasteiger partial charge on any atom is -0.507 e. The van der Waals surface area contributed by atoms with E-state index in [-0.39, 0.29) is 5.60 Å². The number of fused-ring (bicyclic) bond motifs is 1. The summed E-state index contributed by atoms with van der Waals surface area (Å²) < 4.78 is 6.58. The van der Waals surface area contributed by atoms with Gasteiger partial charge in [0.05, 0.1) is 4.90 Å². The molecule has 1 aliphatic heterocycles. The van der Waals surface area contributed by atoms with Crippen LogP contribution in [-0.2, 0) is 0 Å². The number of hydrogen-bond acceptors (Lipinski definition) is 3.